The number of benzene rings is 1. The van der Waals surface area contributed by atoms with Gasteiger partial charge in [0.2, 0.25) is 0 Å². The number of aromatic amines is 1. The van der Waals surface area contributed by atoms with E-state index in [1.807, 2.05) is 6.07 Å². The van der Waals surface area contributed by atoms with Gasteiger partial charge in [0.25, 0.3) is 0 Å². The molecule has 84 valence electrons. The van der Waals surface area contributed by atoms with Gasteiger partial charge in [-0.25, -0.2) is 9.37 Å². The second kappa shape index (κ2) is 3.82. The summed E-state index contributed by atoms with van der Waals surface area (Å²) in [6, 6.07) is 6.38. The lowest BCUT2D eigenvalue weighted by atomic mass is 10.2. The van der Waals surface area contributed by atoms with E-state index in [1.54, 1.807) is 12.3 Å². The lowest BCUT2D eigenvalue weighted by Gasteiger charge is -1.95. The number of H-pyrrole nitrogens is 1. The molecule has 0 unspecified atom stereocenters. The van der Waals surface area contributed by atoms with Gasteiger partial charge in [0.05, 0.1) is 18.1 Å². The highest BCUT2D eigenvalue weighted by Gasteiger charge is 2.06. The first-order valence-corrected chi connectivity index (χ1v) is 5.36. The van der Waals surface area contributed by atoms with Crippen molar-refractivity contribution in [3.05, 3.63) is 47.6 Å². The highest BCUT2D eigenvalue weighted by Crippen LogP contribution is 2.23. The number of hydrogen-bond acceptors (Lipinski definition) is 2. The lowest BCUT2D eigenvalue weighted by Crippen LogP contribution is -1.85. The Hall–Kier alpha value is -1.94. The summed E-state index contributed by atoms with van der Waals surface area (Å²) < 4.78 is 13.0. The minimum Gasteiger partial charge on any atom is -0.353 e. The molecule has 1 N–H and O–H groups in total. The molecule has 0 spiro atoms. The predicted octanol–water partition coefficient (Wildman–Crippen LogP) is 3.42. The van der Waals surface area contributed by atoms with E-state index >= 15 is 0 Å². The van der Waals surface area contributed by atoms with Gasteiger partial charge >= 0.3 is 0 Å². The summed E-state index contributed by atoms with van der Waals surface area (Å²) in [7, 11) is 0. The Labute approximate surface area is 101 Å². The maximum Gasteiger partial charge on any atom is 0.148 e. The van der Waals surface area contributed by atoms with Crippen molar-refractivity contribution in [3.8, 4) is 11.4 Å². The van der Waals surface area contributed by atoms with Gasteiger partial charge in [0, 0.05) is 10.9 Å². The molecule has 0 aliphatic carbocycles. The molecule has 3 rings (SSSR count). The molecule has 0 radical (unpaired) electrons. The van der Waals surface area contributed by atoms with Crippen LogP contribution in [0.25, 0.3) is 22.3 Å². The summed E-state index contributed by atoms with van der Waals surface area (Å²) in [5.41, 5.74) is 2.25. The van der Waals surface area contributed by atoms with Crippen LogP contribution in [0.3, 0.4) is 0 Å². The van der Waals surface area contributed by atoms with E-state index in [0.29, 0.717) is 10.8 Å². The molecule has 0 aliphatic rings. The number of hydrogen-bond donors (Lipinski definition) is 1. The number of nitrogens with one attached hydrogen (secondary N) is 1. The molecule has 0 saturated heterocycles. The Morgan fingerprint density at radius 2 is 2.06 bits per heavy atom. The van der Waals surface area contributed by atoms with Crippen molar-refractivity contribution in [1.82, 2.24) is 15.0 Å². The number of halogens is 2. The molecule has 5 heteroatoms. The van der Waals surface area contributed by atoms with Crippen molar-refractivity contribution < 1.29 is 4.39 Å². The normalized spacial score (nSPS) is 10.9. The lowest BCUT2D eigenvalue weighted by molar-refractivity contribution is 0.630. The van der Waals surface area contributed by atoms with Gasteiger partial charge < -0.3 is 4.98 Å². The Balaban J connectivity index is 2.18. The van der Waals surface area contributed by atoms with Crippen molar-refractivity contribution >= 4 is 22.5 Å². The fourth-order valence-electron chi connectivity index (χ4n) is 1.71. The van der Waals surface area contributed by atoms with Gasteiger partial charge in [0.15, 0.2) is 0 Å². The quantitative estimate of drug-likeness (QED) is 0.716. The van der Waals surface area contributed by atoms with E-state index < -0.39 is 0 Å². The van der Waals surface area contributed by atoms with Crippen LogP contribution in [-0.4, -0.2) is 15.0 Å². The second-order valence-electron chi connectivity index (χ2n) is 3.64. The SMILES string of the molecule is Fc1ccc2[nH]c(-c3cncc(Cl)n3)cc2c1. The zero-order valence-electron chi connectivity index (χ0n) is 8.61. The monoisotopic (exact) mass is 247 g/mol. The molecule has 3 aromatic rings. The highest BCUT2D eigenvalue weighted by atomic mass is 35.5. The fourth-order valence-corrected chi connectivity index (χ4v) is 1.86. The topological polar surface area (TPSA) is 41.6 Å². The summed E-state index contributed by atoms with van der Waals surface area (Å²) in [6.07, 6.45) is 3.07. The van der Waals surface area contributed by atoms with Gasteiger partial charge in [-0.15, -0.1) is 0 Å². The van der Waals surface area contributed by atoms with Gasteiger partial charge in [-0.1, -0.05) is 11.6 Å². The first-order chi connectivity index (χ1) is 8.22. The molecule has 0 bridgehead atoms. The smallest absolute Gasteiger partial charge is 0.148 e. The van der Waals surface area contributed by atoms with Crippen LogP contribution < -0.4 is 0 Å². The molecule has 0 atom stereocenters. The number of rotatable bonds is 1. The Morgan fingerprint density at radius 1 is 1.18 bits per heavy atom. The average Bonchev–Trinajstić information content (AvgIpc) is 2.72. The maximum absolute atomic E-state index is 13.0. The molecule has 2 heterocycles. The maximum atomic E-state index is 13.0. The summed E-state index contributed by atoms with van der Waals surface area (Å²) in [5, 5.41) is 1.12. The van der Waals surface area contributed by atoms with Crippen LogP contribution in [0.15, 0.2) is 36.7 Å². The molecule has 1 aromatic carbocycles. The first-order valence-electron chi connectivity index (χ1n) is 4.98. The van der Waals surface area contributed by atoms with E-state index in [2.05, 4.69) is 15.0 Å². The molecule has 2 aromatic heterocycles. The van der Waals surface area contributed by atoms with Crippen molar-refractivity contribution in [2.75, 3.05) is 0 Å². The minimum absolute atomic E-state index is 0.264. The van der Waals surface area contributed by atoms with Crippen molar-refractivity contribution in [1.29, 1.82) is 0 Å². The van der Waals surface area contributed by atoms with Crippen LogP contribution in [0, 0.1) is 5.82 Å². The minimum atomic E-state index is -0.264. The van der Waals surface area contributed by atoms with Crippen molar-refractivity contribution in [2.24, 2.45) is 0 Å². The standard InChI is InChI=1S/C12H7ClFN3/c13-12-6-15-5-11(17-12)10-4-7-3-8(14)1-2-9(7)16-10/h1-6,16H. The van der Waals surface area contributed by atoms with E-state index in [-0.39, 0.29) is 5.82 Å². The fraction of sp³-hybridized carbons (Fsp3) is 0. The van der Waals surface area contributed by atoms with Gasteiger partial charge in [0.1, 0.15) is 16.7 Å². The van der Waals surface area contributed by atoms with Crippen LogP contribution in [0.5, 0.6) is 0 Å². The van der Waals surface area contributed by atoms with Crippen molar-refractivity contribution in [2.45, 2.75) is 0 Å². The Morgan fingerprint density at radius 3 is 2.88 bits per heavy atom. The summed E-state index contributed by atoms with van der Waals surface area (Å²) in [4.78, 5) is 11.2. The summed E-state index contributed by atoms with van der Waals surface area (Å²) in [5.74, 6) is -0.264. The predicted molar refractivity (Wildman–Crippen MR) is 64.3 cm³/mol. The highest BCUT2D eigenvalue weighted by molar-refractivity contribution is 6.29. The number of fused-ring (bicyclic) bond motifs is 1. The number of aromatic nitrogens is 3. The van der Waals surface area contributed by atoms with E-state index in [9.17, 15) is 4.39 Å². The van der Waals surface area contributed by atoms with E-state index in [0.717, 1.165) is 16.6 Å². The van der Waals surface area contributed by atoms with E-state index in [1.165, 1.54) is 18.3 Å². The molecule has 3 nitrogen and oxygen atoms in total. The van der Waals surface area contributed by atoms with Crippen LogP contribution in [0.2, 0.25) is 5.15 Å². The van der Waals surface area contributed by atoms with Crippen LogP contribution >= 0.6 is 11.6 Å². The molecular formula is C12H7ClFN3. The zero-order chi connectivity index (χ0) is 11.8. The van der Waals surface area contributed by atoms with Gasteiger partial charge in [-0.05, 0) is 24.3 Å². The molecule has 17 heavy (non-hydrogen) atoms. The average molecular weight is 248 g/mol. The molecule has 0 saturated carbocycles. The Bertz CT molecular complexity index is 693. The molecule has 0 fully saturated rings. The Kier molecular flexibility index (Phi) is 2.30. The second-order valence-corrected chi connectivity index (χ2v) is 4.03. The van der Waals surface area contributed by atoms with Crippen LogP contribution in [-0.2, 0) is 0 Å². The summed E-state index contributed by atoms with van der Waals surface area (Å²) in [6.45, 7) is 0. The van der Waals surface area contributed by atoms with Crippen LogP contribution in [0.1, 0.15) is 0 Å². The zero-order valence-corrected chi connectivity index (χ0v) is 9.37. The van der Waals surface area contributed by atoms with Crippen LogP contribution in [0.4, 0.5) is 4.39 Å². The van der Waals surface area contributed by atoms with Gasteiger partial charge in [-0.2, -0.15) is 0 Å². The molecule has 0 amide bonds. The largest absolute Gasteiger partial charge is 0.353 e. The third-order valence-electron chi connectivity index (χ3n) is 2.46. The number of nitrogens with zero attached hydrogens (tertiary/aromatic N) is 2. The third kappa shape index (κ3) is 1.87. The van der Waals surface area contributed by atoms with Crippen molar-refractivity contribution in [3.63, 3.8) is 0 Å². The molecular weight excluding hydrogens is 241 g/mol. The third-order valence-corrected chi connectivity index (χ3v) is 2.65. The van der Waals surface area contributed by atoms with E-state index in [4.69, 9.17) is 11.6 Å². The van der Waals surface area contributed by atoms with Gasteiger partial charge in [-0.3, -0.25) is 4.98 Å². The molecule has 0 aliphatic heterocycles. The summed E-state index contributed by atoms with van der Waals surface area (Å²) >= 11 is 5.77. The first kappa shape index (κ1) is 10.2.